The van der Waals surface area contributed by atoms with Crippen LogP contribution in [0.15, 0.2) is 0 Å². The molecule has 0 unspecified atom stereocenters. The molecule has 0 saturated carbocycles. The van der Waals surface area contributed by atoms with Crippen LogP contribution >= 0.6 is 0 Å². The topological polar surface area (TPSA) is 17.1 Å². The molecule has 26 valence electrons. The van der Waals surface area contributed by atoms with E-state index < -0.39 is 0 Å². The summed E-state index contributed by atoms with van der Waals surface area (Å²) in [6.45, 7) is 1.81. The van der Waals surface area contributed by atoms with Gasteiger partial charge in [-0.05, 0) is 0 Å². The van der Waals surface area contributed by atoms with Crippen LogP contribution in [-0.2, 0) is 4.79 Å². The Balaban J connectivity index is 0. The second-order valence-corrected chi connectivity index (χ2v) is 0.575. The molecule has 0 aliphatic carbocycles. The van der Waals surface area contributed by atoms with Crippen molar-refractivity contribution in [1.82, 2.24) is 0 Å². The van der Waals surface area contributed by atoms with Gasteiger partial charge in [0.2, 0.25) is 0 Å². The standard InChI is InChI=1S/C3H6O.K.H/c1-2-3-4;;/h3H,2H2,1H3;;. The number of hydrogen-bond donors (Lipinski definition) is 0. The SMILES string of the molecule is CCC=O.[KH]. The van der Waals surface area contributed by atoms with Crippen molar-refractivity contribution in [3.8, 4) is 0 Å². The molecule has 0 aromatic rings. The molecule has 0 amide bonds. The third-order valence-corrected chi connectivity index (χ3v) is 0.167. The van der Waals surface area contributed by atoms with Crippen molar-refractivity contribution in [3.63, 3.8) is 0 Å². The first kappa shape index (κ1) is 9.58. The van der Waals surface area contributed by atoms with Gasteiger partial charge in [-0.3, -0.25) is 0 Å². The molecule has 0 heterocycles. The van der Waals surface area contributed by atoms with Crippen LogP contribution in [0.1, 0.15) is 13.3 Å². The Morgan fingerprint density at radius 2 is 2.00 bits per heavy atom. The number of rotatable bonds is 1. The molecular weight excluding hydrogens is 91.1 g/mol. The maximum absolute atomic E-state index is 9.17. The minimum absolute atomic E-state index is 0. The van der Waals surface area contributed by atoms with Crippen molar-refractivity contribution in [1.29, 1.82) is 0 Å². The zero-order valence-electron chi connectivity index (χ0n) is 2.69. The molecule has 0 saturated heterocycles. The van der Waals surface area contributed by atoms with Gasteiger partial charge in [0.1, 0.15) is 6.29 Å². The molecule has 1 nitrogen and oxygen atoms in total. The normalized spacial score (nSPS) is 5.00. The quantitative estimate of drug-likeness (QED) is 0.332. The fourth-order valence-electron chi connectivity index (χ4n) is 0. The molecule has 2 heteroatoms. The third kappa shape index (κ3) is 10.9. The van der Waals surface area contributed by atoms with Crippen LogP contribution in [0, 0.1) is 0 Å². The first-order chi connectivity index (χ1) is 1.91. The second kappa shape index (κ2) is 9.00. The van der Waals surface area contributed by atoms with Crippen LogP contribution in [0.5, 0.6) is 0 Å². The Hall–Kier alpha value is 1.31. The molecule has 0 bridgehead atoms. The summed E-state index contributed by atoms with van der Waals surface area (Å²) in [6.07, 6.45) is 1.51. The van der Waals surface area contributed by atoms with E-state index in [1.165, 1.54) is 0 Å². The fraction of sp³-hybridized carbons (Fsp3) is 0.667. The Morgan fingerprint density at radius 3 is 2.00 bits per heavy atom. The summed E-state index contributed by atoms with van der Waals surface area (Å²) in [7, 11) is 0. The maximum atomic E-state index is 9.17. The Labute approximate surface area is 74.6 Å². The van der Waals surface area contributed by atoms with Gasteiger partial charge in [0.05, 0.1) is 0 Å². The number of carbonyl (C=O) groups excluding carboxylic acids is 1. The monoisotopic (exact) mass is 98.0 g/mol. The third-order valence-electron chi connectivity index (χ3n) is 0.167. The molecule has 0 aliphatic rings. The average Bonchev–Trinajstić information content (AvgIpc) is 1.37. The summed E-state index contributed by atoms with van der Waals surface area (Å²) < 4.78 is 0. The van der Waals surface area contributed by atoms with Crippen LogP contribution in [0.25, 0.3) is 0 Å². The Bertz CT molecular complexity index is 20.9. The van der Waals surface area contributed by atoms with Gasteiger partial charge in [-0.1, -0.05) is 6.92 Å². The zero-order valence-corrected chi connectivity index (χ0v) is 2.69. The fourth-order valence-corrected chi connectivity index (χ4v) is 0. The number of hydrogen-bond acceptors (Lipinski definition) is 1. The first-order valence-electron chi connectivity index (χ1n) is 1.35. The Morgan fingerprint density at radius 1 is 1.80 bits per heavy atom. The zero-order chi connectivity index (χ0) is 3.41. The van der Waals surface area contributed by atoms with Crippen molar-refractivity contribution in [2.45, 2.75) is 13.3 Å². The van der Waals surface area contributed by atoms with E-state index in [-0.39, 0.29) is 51.4 Å². The predicted octanol–water partition coefficient (Wildman–Crippen LogP) is -0.0532. The molecule has 0 fully saturated rings. The molecule has 0 spiro atoms. The minimum atomic E-state index is 0. The molecule has 0 aliphatic heterocycles. The van der Waals surface area contributed by atoms with E-state index in [0.29, 0.717) is 6.42 Å². The van der Waals surface area contributed by atoms with Crippen LogP contribution in [0.3, 0.4) is 0 Å². The van der Waals surface area contributed by atoms with Gasteiger partial charge in [-0.25, -0.2) is 0 Å². The van der Waals surface area contributed by atoms with Crippen molar-refractivity contribution < 1.29 is 4.79 Å². The molecule has 5 heavy (non-hydrogen) atoms. The Kier molecular flexibility index (Phi) is 17.2. The molecule has 0 aromatic carbocycles. The van der Waals surface area contributed by atoms with Gasteiger partial charge >= 0.3 is 51.4 Å². The van der Waals surface area contributed by atoms with E-state index >= 15 is 0 Å². The second-order valence-electron chi connectivity index (χ2n) is 0.575. The summed E-state index contributed by atoms with van der Waals surface area (Å²) in [4.78, 5) is 9.17. The van der Waals surface area contributed by atoms with Crippen LogP contribution in [0.2, 0.25) is 0 Å². The van der Waals surface area contributed by atoms with Gasteiger partial charge < -0.3 is 4.79 Å². The summed E-state index contributed by atoms with van der Waals surface area (Å²) in [5.41, 5.74) is 0. The van der Waals surface area contributed by atoms with E-state index in [0.717, 1.165) is 6.29 Å². The number of aldehydes is 1. The average molecular weight is 98.2 g/mol. The molecule has 0 rings (SSSR count). The van der Waals surface area contributed by atoms with Gasteiger partial charge in [0.15, 0.2) is 0 Å². The molecule has 0 radical (unpaired) electrons. The summed E-state index contributed by atoms with van der Waals surface area (Å²) in [6, 6.07) is 0. The van der Waals surface area contributed by atoms with Crippen molar-refractivity contribution in [2.24, 2.45) is 0 Å². The van der Waals surface area contributed by atoms with Gasteiger partial charge in [0.25, 0.3) is 0 Å². The number of carbonyl (C=O) groups is 1. The molecule has 0 atom stereocenters. The van der Waals surface area contributed by atoms with Crippen LogP contribution in [-0.4, -0.2) is 57.7 Å². The van der Waals surface area contributed by atoms with Crippen molar-refractivity contribution >= 4 is 57.7 Å². The van der Waals surface area contributed by atoms with E-state index in [9.17, 15) is 4.79 Å². The van der Waals surface area contributed by atoms with Crippen molar-refractivity contribution in [2.75, 3.05) is 0 Å². The predicted molar refractivity (Wildman–Crippen MR) is 23.5 cm³/mol. The van der Waals surface area contributed by atoms with E-state index in [2.05, 4.69) is 0 Å². The van der Waals surface area contributed by atoms with Gasteiger partial charge in [-0.15, -0.1) is 0 Å². The summed E-state index contributed by atoms with van der Waals surface area (Å²) >= 11 is 0. The summed E-state index contributed by atoms with van der Waals surface area (Å²) in [5.74, 6) is 0. The molecule has 0 aromatic heterocycles. The van der Waals surface area contributed by atoms with E-state index in [4.69, 9.17) is 0 Å². The van der Waals surface area contributed by atoms with Crippen LogP contribution in [0.4, 0.5) is 0 Å². The first-order valence-corrected chi connectivity index (χ1v) is 1.35. The summed E-state index contributed by atoms with van der Waals surface area (Å²) in [5, 5.41) is 0. The van der Waals surface area contributed by atoms with Crippen molar-refractivity contribution in [3.05, 3.63) is 0 Å². The van der Waals surface area contributed by atoms with Crippen LogP contribution < -0.4 is 0 Å². The van der Waals surface area contributed by atoms with Gasteiger partial charge in [0, 0.05) is 6.42 Å². The van der Waals surface area contributed by atoms with Gasteiger partial charge in [-0.2, -0.15) is 0 Å². The van der Waals surface area contributed by atoms with E-state index in [1.807, 2.05) is 6.92 Å². The van der Waals surface area contributed by atoms with E-state index in [1.54, 1.807) is 0 Å². The molecular formula is C3H7KO. The molecule has 0 N–H and O–H groups in total.